The van der Waals surface area contributed by atoms with E-state index in [2.05, 4.69) is 5.32 Å². The average Bonchev–Trinajstić information content (AvgIpc) is 2.59. The standard InChI is InChI=1S/C16H22N4O3/c1-19(15(22)11-18-14(21)10-17)13-8-5-9-20(16(13)23)12-6-3-2-4-7-12/h2-4,6-7,13H,5,8-11,17H2,1H3,(H,18,21). The van der Waals surface area contributed by atoms with Crippen LogP contribution < -0.4 is 16.0 Å². The Balaban J connectivity index is 2.02. The highest BCUT2D eigenvalue weighted by molar-refractivity contribution is 6.00. The SMILES string of the molecule is CN(C(=O)CNC(=O)CN)C1CCCN(c2ccccc2)C1=O. The molecular weight excluding hydrogens is 296 g/mol. The third-order valence-electron chi connectivity index (χ3n) is 3.96. The molecule has 1 aromatic carbocycles. The molecule has 1 saturated heterocycles. The van der Waals surface area contributed by atoms with E-state index in [-0.39, 0.29) is 24.9 Å². The van der Waals surface area contributed by atoms with Crippen molar-refractivity contribution in [3.05, 3.63) is 30.3 Å². The Hall–Kier alpha value is -2.41. The zero-order valence-electron chi connectivity index (χ0n) is 13.2. The van der Waals surface area contributed by atoms with E-state index in [1.165, 1.54) is 4.90 Å². The molecule has 1 fully saturated rings. The first kappa shape index (κ1) is 17.0. The fourth-order valence-corrected chi connectivity index (χ4v) is 2.62. The van der Waals surface area contributed by atoms with Gasteiger partial charge >= 0.3 is 0 Å². The Bertz CT molecular complexity index is 576. The predicted molar refractivity (Wildman–Crippen MR) is 86.7 cm³/mol. The number of para-hydroxylation sites is 1. The lowest BCUT2D eigenvalue weighted by molar-refractivity contribution is -0.139. The maximum Gasteiger partial charge on any atom is 0.249 e. The number of nitrogens with one attached hydrogen (secondary N) is 1. The molecule has 1 aliphatic rings. The summed E-state index contributed by atoms with van der Waals surface area (Å²) in [6, 6.07) is 8.90. The third-order valence-corrected chi connectivity index (χ3v) is 3.96. The second kappa shape index (κ2) is 7.73. The number of anilines is 1. The van der Waals surface area contributed by atoms with Gasteiger partial charge in [0.2, 0.25) is 17.7 Å². The van der Waals surface area contributed by atoms with Crippen LogP contribution in [0.15, 0.2) is 30.3 Å². The molecule has 1 unspecified atom stereocenters. The summed E-state index contributed by atoms with van der Waals surface area (Å²) in [5, 5.41) is 2.43. The van der Waals surface area contributed by atoms with Gasteiger partial charge in [-0.2, -0.15) is 0 Å². The average molecular weight is 318 g/mol. The van der Waals surface area contributed by atoms with Crippen LogP contribution in [0.2, 0.25) is 0 Å². The molecule has 1 atom stereocenters. The molecule has 0 aliphatic carbocycles. The number of amides is 3. The number of rotatable bonds is 5. The van der Waals surface area contributed by atoms with Gasteiger partial charge < -0.3 is 20.9 Å². The third kappa shape index (κ3) is 4.07. The summed E-state index contributed by atoms with van der Waals surface area (Å²) in [5.74, 6) is -0.795. The van der Waals surface area contributed by atoms with Crippen LogP contribution in [0, 0.1) is 0 Å². The topological polar surface area (TPSA) is 95.7 Å². The highest BCUT2D eigenvalue weighted by Gasteiger charge is 2.34. The lowest BCUT2D eigenvalue weighted by Crippen LogP contribution is -2.54. The highest BCUT2D eigenvalue weighted by atomic mass is 16.2. The van der Waals surface area contributed by atoms with Gasteiger partial charge in [-0.05, 0) is 25.0 Å². The molecule has 23 heavy (non-hydrogen) atoms. The molecule has 0 bridgehead atoms. The second-order valence-corrected chi connectivity index (χ2v) is 5.47. The van der Waals surface area contributed by atoms with Crippen LogP contribution in [0.25, 0.3) is 0 Å². The molecule has 0 radical (unpaired) electrons. The molecule has 3 amide bonds. The fraction of sp³-hybridized carbons (Fsp3) is 0.438. The van der Waals surface area contributed by atoms with Crippen molar-refractivity contribution in [2.75, 3.05) is 31.6 Å². The van der Waals surface area contributed by atoms with Crippen LogP contribution in [0.4, 0.5) is 5.69 Å². The Labute approximate surface area is 135 Å². The van der Waals surface area contributed by atoms with E-state index in [4.69, 9.17) is 5.73 Å². The van der Waals surface area contributed by atoms with E-state index in [0.717, 1.165) is 12.1 Å². The maximum atomic E-state index is 12.7. The number of nitrogens with zero attached hydrogens (tertiary/aromatic N) is 2. The van der Waals surface area contributed by atoms with Crippen molar-refractivity contribution in [1.29, 1.82) is 0 Å². The molecule has 2 rings (SSSR count). The first-order valence-corrected chi connectivity index (χ1v) is 7.63. The van der Waals surface area contributed by atoms with Crippen molar-refractivity contribution in [3.8, 4) is 0 Å². The molecule has 124 valence electrons. The Morgan fingerprint density at radius 2 is 2.04 bits per heavy atom. The smallest absolute Gasteiger partial charge is 0.249 e. The van der Waals surface area contributed by atoms with E-state index in [9.17, 15) is 14.4 Å². The van der Waals surface area contributed by atoms with Gasteiger partial charge in [-0.3, -0.25) is 14.4 Å². The van der Waals surface area contributed by atoms with Crippen molar-refractivity contribution in [2.45, 2.75) is 18.9 Å². The van der Waals surface area contributed by atoms with Crippen molar-refractivity contribution < 1.29 is 14.4 Å². The molecule has 1 aliphatic heterocycles. The first-order chi connectivity index (χ1) is 11.0. The maximum absolute atomic E-state index is 12.7. The number of likely N-dealkylation sites (N-methyl/N-ethyl adjacent to an activating group) is 1. The van der Waals surface area contributed by atoms with E-state index >= 15 is 0 Å². The molecule has 7 nitrogen and oxygen atoms in total. The molecular formula is C16H22N4O3. The van der Waals surface area contributed by atoms with Crippen LogP contribution in [0.3, 0.4) is 0 Å². The van der Waals surface area contributed by atoms with Crippen LogP contribution in [0.5, 0.6) is 0 Å². The van der Waals surface area contributed by atoms with Gasteiger partial charge in [0.25, 0.3) is 0 Å². The normalized spacial score (nSPS) is 17.7. The summed E-state index contributed by atoms with van der Waals surface area (Å²) in [7, 11) is 1.59. The summed E-state index contributed by atoms with van der Waals surface area (Å²) >= 11 is 0. The van der Waals surface area contributed by atoms with E-state index in [1.807, 2.05) is 30.3 Å². The summed E-state index contributed by atoms with van der Waals surface area (Å²) < 4.78 is 0. The van der Waals surface area contributed by atoms with Gasteiger partial charge in [0.05, 0.1) is 13.1 Å². The summed E-state index contributed by atoms with van der Waals surface area (Å²) in [6.07, 6.45) is 1.44. The summed E-state index contributed by atoms with van der Waals surface area (Å²) in [5.41, 5.74) is 6.02. The van der Waals surface area contributed by atoms with Crippen LogP contribution in [-0.2, 0) is 14.4 Å². The van der Waals surface area contributed by atoms with E-state index in [0.29, 0.717) is 13.0 Å². The van der Waals surface area contributed by atoms with Gasteiger partial charge in [0, 0.05) is 19.3 Å². The first-order valence-electron chi connectivity index (χ1n) is 7.63. The Kier molecular flexibility index (Phi) is 5.70. The molecule has 1 heterocycles. The van der Waals surface area contributed by atoms with Crippen molar-refractivity contribution in [3.63, 3.8) is 0 Å². The van der Waals surface area contributed by atoms with Gasteiger partial charge in [-0.1, -0.05) is 18.2 Å². The summed E-state index contributed by atoms with van der Waals surface area (Å²) in [6.45, 7) is 0.327. The van der Waals surface area contributed by atoms with E-state index in [1.54, 1.807) is 11.9 Å². The predicted octanol–water partition coefficient (Wildman–Crippen LogP) is -0.285. The zero-order valence-corrected chi connectivity index (χ0v) is 13.2. The number of hydrogen-bond acceptors (Lipinski definition) is 4. The largest absolute Gasteiger partial charge is 0.346 e. The summed E-state index contributed by atoms with van der Waals surface area (Å²) in [4.78, 5) is 39.1. The monoisotopic (exact) mass is 318 g/mol. The Morgan fingerprint density at radius 3 is 2.70 bits per heavy atom. The minimum Gasteiger partial charge on any atom is -0.346 e. The van der Waals surface area contributed by atoms with Crippen LogP contribution in [-0.4, -0.2) is 55.3 Å². The lowest BCUT2D eigenvalue weighted by atomic mass is 10.0. The lowest BCUT2D eigenvalue weighted by Gasteiger charge is -2.36. The molecule has 7 heteroatoms. The van der Waals surface area contributed by atoms with Gasteiger partial charge in [-0.15, -0.1) is 0 Å². The molecule has 1 aromatic rings. The minimum absolute atomic E-state index is 0.0940. The van der Waals surface area contributed by atoms with E-state index < -0.39 is 11.9 Å². The fourth-order valence-electron chi connectivity index (χ4n) is 2.62. The van der Waals surface area contributed by atoms with Crippen molar-refractivity contribution in [2.24, 2.45) is 5.73 Å². The second-order valence-electron chi connectivity index (χ2n) is 5.47. The number of nitrogens with two attached hydrogens (primary N) is 1. The Morgan fingerprint density at radius 1 is 1.35 bits per heavy atom. The molecule has 0 aromatic heterocycles. The number of piperidine rings is 1. The van der Waals surface area contributed by atoms with Crippen LogP contribution in [0.1, 0.15) is 12.8 Å². The molecule has 0 saturated carbocycles. The molecule has 3 N–H and O–H groups in total. The number of carbonyl (C=O) groups excluding carboxylic acids is 3. The van der Waals surface area contributed by atoms with Gasteiger partial charge in [0.1, 0.15) is 6.04 Å². The number of hydrogen-bond donors (Lipinski definition) is 2. The van der Waals surface area contributed by atoms with Crippen LogP contribution >= 0.6 is 0 Å². The quantitative estimate of drug-likeness (QED) is 0.780. The van der Waals surface area contributed by atoms with Gasteiger partial charge in [-0.25, -0.2) is 0 Å². The number of carbonyl (C=O) groups is 3. The highest BCUT2D eigenvalue weighted by Crippen LogP contribution is 2.23. The molecule has 0 spiro atoms. The zero-order chi connectivity index (χ0) is 16.8. The van der Waals surface area contributed by atoms with Crippen molar-refractivity contribution in [1.82, 2.24) is 10.2 Å². The van der Waals surface area contributed by atoms with Crippen molar-refractivity contribution >= 4 is 23.4 Å². The number of benzene rings is 1. The minimum atomic E-state index is -0.508. The van der Waals surface area contributed by atoms with Gasteiger partial charge in [0.15, 0.2) is 0 Å².